The van der Waals surface area contributed by atoms with Gasteiger partial charge in [0.15, 0.2) is 0 Å². The molecule has 0 aliphatic carbocycles. The Kier molecular flexibility index (Phi) is 4.86. The number of rotatable bonds is 4. The first-order chi connectivity index (χ1) is 5.11. The van der Waals surface area contributed by atoms with Crippen molar-refractivity contribution in [3.8, 4) is 0 Å². The van der Waals surface area contributed by atoms with Crippen LogP contribution in [0, 0.1) is 0 Å². The van der Waals surface area contributed by atoms with Gasteiger partial charge in [-0.2, -0.15) is 0 Å². The van der Waals surface area contributed by atoms with Gasteiger partial charge < -0.3 is 10.1 Å². The van der Waals surface area contributed by atoms with Gasteiger partial charge in [0.1, 0.15) is 6.04 Å². The van der Waals surface area contributed by atoms with Gasteiger partial charge in [-0.3, -0.25) is 4.79 Å². The molecule has 0 amide bonds. The largest absolute Gasteiger partial charge is 0.462 e. The molecule has 0 unspecified atom stereocenters. The van der Waals surface area contributed by atoms with E-state index in [2.05, 4.69) is 5.32 Å². The Bertz CT molecular complexity index is 119. The zero-order chi connectivity index (χ0) is 8.85. The van der Waals surface area contributed by atoms with Crippen molar-refractivity contribution in [2.75, 3.05) is 7.05 Å². The summed E-state index contributed by atoms with van der Waals surface area (Å²) >= 11 is 0. The Morgan fingerprint density at radius 2 is 2.09 bits per heavy atom. The van der Waals surface area contributed by atoms with Gasteiger partial charge in [0.2, 0.25) is 0 Å². The lowest BCUT2D eigenvalue weighted by Crippen LogP contribution is -2.36. The van der Waals surface area contributed by atoms with Crippen LogP contribution in [0.2, 0.25) is 0 Å². The third-order valence-electron chi connectivity index (χ3n) is 1.39. The highest BCUT2D eigenvalue weighted by Gasteiger charge is 2.15. The van der Waals surface area contributed by atoms with Gasteiger partial charge in [-0.1, -0.05) is 6.92 Å². The first kappa shape index (κ1) is 10.4. The van der Waals surface area contributed by atoms with E-state index in [0.717, 1.165) is 6.42 Å². The topological polar surface area (TPSA) is 38.3 Å². The van der Waals surface area contributed by atoms with E-state index in [0.29, 0.717) is 0 Å². The monoisotopic (exact) mass is 159 g/mol. The highest BCUT2D eigenvalue weighted by molar-refractivity contribution is 5.75. The van der Waals surface area contributed by atoms with Crippen LogP contribution >= 0.6 is 0 Å². The number of hydrogen-bond acceptors (Lipinski definition) is 3. The van der Waals surface area contributed by atoms with Gasteiger partial charge >= 0.3 is 5.97 Å². The Hall–Kier alpha value is -0.570. The van der Waals surface area contributed by atoms with E-state index in [-0.39, 0.29) is 18.1 Å². The molecule has 3 nitrogen and oxygen atoms in total. The predicted molar refractivity (Wildman–Crippen MR) is 44.4 cm³/mol. The molecule has 0 aromatic rings. The number of carbonyl (C=O) groups excluding carboxylic acids is 1. The van der Waals surface area contributed by atoms with Crippen LogP contribution in [0.5, 0.6) is 0 Å². The average Bonchev–Trinajstić information content (AvgIpc) is 1.88. The Morgan fingerprint density at radius 3 is 2.36 bits per heavy atom. The molecule has 1 atom stereocenters. The summed E-state index contributed by atoms with van der Waals surface area (Å²) in [6.07, 6.45) is 0.743. The van der Waals surface area contributed by atoms with Crippen molar-refractivity contribution in [3.05, 3.63) is 0 Å². The second-order valence-corrected chi connectivity index (χ2v) is 2.74. The number of likely N-dealkylation sites (N-methyl/N-ethyl adjacent to an activating group) is 1. The lowest BCUT2D eigenvalue weighted by atomic mass is 10.2. The van der Waals surface area contributed by atoms with Crippen LogP contribution in [-0.4, -0.2) is 25.2 Å². The molecule has 1 N–H and O–H groups in total. The second-order valence-electron chi connectivity index (χ2n) is 2.74. The summed E-state index contributed by atoms with van der Waals surface area (Å²) < 4.78 is 4.99. The molecule has 0 rings (SSSR count). The number of nitrogens with one attached hydrogen (secondary N) is 1. The van der Waals surface area contributed by atoms with Crippen molar-refractivity contribution < 1.29 is 9.53 Å². The molecular formula is C8H17NO2. The maximum atomic E-state index is 11.1. The van der Waals surface area contributed by atoms with Crippen LogP contribution in [-0.2, 0) is 9.53 Å². The van der Waals surface area contributed by atoms with Gasteiger partial charge in [0.25, 0.3) is 0 Å². The van der Waals surface area contributed by atoms with E-state index >= 15 is 0 Å². The molecule has 0 aromatic heterocycles. The third-order valence-corrected chi connectivity index (χ3v) is 1.39. The molecule has 0 bridgehead atoms. The summed E-state index contributed by atoms with van der Waals surface area (Å²) in [5.74, 6) is -0.162. The fourth-order valence-corrected chi connectivity index (χ4v) is 0.803. The predicted octanol–water partition coefficient (Wildman–Crippen LogP) is 0.936. The zero-order valence-corrected chi connectivity index (χ0v) is 7.68. The summed E-state index contributed by atoms with van der Waals surface area (Å²) in [4.78, 5) is 11.1. The highest BCUT2D eigenvalue weighted by atomic mass is 16.5. The summed E-state index contributed by atoms with van der Waals surface area (Å²) in [7, 11) is 1.76. The normalized spacial score (nSPS) is 13.2. The van der Waals surface area contributed by atoms with Crippen LogP contribution in [0.15, 0.2) is 0 Å². The molecule has 0 fully saturated rings. The van der Waals surface area contributed by atoms with E-state index in [9.17, 15) is 4.79 Å². The van der Waals surface area contributed by atoms with Crippen molar-refractivity contribution >= 4 is 5.97 Å². The van der Waals surface area contributed by atoms with Gasteiger partial charge in [0.05, 0.1) is 6.10 Å². The molecule has 0 radical (unpaired) electrons. The lowest BCUT2D eigenvalue weighted by Gasteiger charge is -2.14. The lowest BCUT2D eigenvalue weighted by molar-refractivity contribution is -0.149. The molecule has 0 aromatic carbocycles. The zero-order valence-electron chi connectivity index (χ0n) is 7.68. The maximum Gasteiger partial charge on any atom is 0.323 e. The Morgan fingerprint density at radius 1 is 1.55 bits per heavy atom. The minimum atomic E-state index is -0.162. The molecule has 0 saturated carbocycles. The molecular weight excluding hydrogens is 142 g/mol. The molecule has 0 heterocycles. The SMILES string of the molecule is CC[C@H](NC)C(=O)OC(C)C. The van der Waals surface area contributed by atoms with Gasteiger partial charge in [0, 0.05) is 0 Å². The Labute approximate surface area is 68.1 Å². The minimum Gasteiger partial charge on any atom is -0.462 e. The molecule has 0 saturated heterocycles. The molecule has 0 aliphatic heterocycles. The molecule has 66 valence electrons. The summed E-state index contributed by atoms with van der Waals surface area (Å²) in [6.45, 7) is 5.64. The van der Waals surface area contributed by atoms with E-state index in [1.165, 1.54) is 0 Å². The van der Waals surface area contributed by atoms with Gasteiger partial charge in [-0.15, -0.1) is 0 Å². The van der Waals surface area contributed by atoms with E-state index < -0.39 is 0 Å². The number of ether oxygens (including phenoxy) is 1. The molecule has 11 heavy (non-hydrogen) atoms. The van der Waals surface area contributed by atoms with Crippen molar-refractivity contribution in [1.29, 1.82) is 0 Å². The smallest absolute Gasteiger partial charge is 0.323 e. The second kappa shape index (κ2) is 5.13. The third kappa shape index (κ3) is 3.98. The highest BCUT2D eigenvalue weighted by Crippen LogP contribution is 1.97. The summed E-state index contributed by atoms with van der Waals surface area (Å²) in [5, 5.41) is 2.88. The molecule has 0 spiro atoms. The van der Waals surface area contributed by atoms with Crippen LogP contribution in [0.4, 0.5) is 0 Å². The number of hydrogen-bond donors (Lipinski definition) is 1. The molecule has 3 heteroatoms. The van der Waals surface area contributed by atoms with E-state index in [1.807, 2.05) is 20.8 Å². The van der Waals surface area contributed by atoms with E-state index in [1.54, 1.807) is 7.05 Å². The Balaban J connectivity index is 3.79. The van der Waals surface area contributed by atoms with Crippen molar-refractivity contribution in [2.24, 2.45) is 0 Å². The van der Waals surface area contributed by atoms with Crippen LogP contribution in [0.3, 0.4) is 0 Å². The van der Waals surface area contributed by atoms with Crippen molar-refractivity contribution in [1.82, 2.24) is 5.32 Å². The standard InChI is InChI=1S/C8H17NO2/c1-5-7(9-4)8(10)11-6(2)3/h6-7,9H,5H2,1-4H3/t7-/m0/s1. The van der Waals surface area contributed by atoms with E-state index in [4.69, 9.17) is 4.74 Å². The first-order valence-corrected chi connectivity index (χ1v) is 3.99. The fourth-order valence-electron chi connectivity index (χ4n) is 0.803. The minimum absolute atomic E-state index is 0.0232. The number of esters is 1. The van der Waals surface area contributed by atoms with Gasteiger partial charge in [-0.05, 0) is 27.3 Å². The number of carbonyl (C=O) groups is 1. The summed E-state index contributed by atoms with van der Waals surface area (Å²) in [5.41, 5.74) is 0. The van der Waals surface area contributed by atoms with Crippen molar-refractivity contribution in [2.45, 2.75) is 39.3 Å². The van der Waals surface area contributed by atoms with Gasteiger partial charge in [-0.25, -0.2) is 0 Å². The van der Waals surface area contributed by atoms with Crippen LogP contribution < -0.4 is 5.32 Å². The van der Waals surface area contributed by atoms with Crippen molar-refractivity contribution in [3.63, 3.8) is 0 Å². The maximum absolute atomic E-state index is 11.1. The summed E-state index contributed by atoms with van der Waals surface area (Å²) in [6, 6.07) is -0.155. The molecule has 0 aliphatic rings. The first-order valence-electron chi connectivity index (χ1n) is 3.99. The quantitative estimate of drug-likeness (QED) is 0.620. The van der Waals surface area contributed by atoms with Crippen LogP contribution in [0.1, 0.15) is 27.2 Å². The van der Waals surface area contributed by atoms with Crippen LogP contribution in [0.25, 0.3) is 0 Å². The average molecular weight is 159 g/mol. The fraction of sp³-hybridized carbons (Fsp3) is 0.875.